The van der Waals surface area contributed by atoms with Crippen molar-refractivity contribution >= 4 is 23.7 Å². The average molecular weight is 372 g/mol. The van der Waals surface area contributed by atoms with Gasteiger partial charge in [0, 0.05) is 31.6 Å². The molecule has 2 aliphatic rings. The first-order valence-electron chi connectivity index (χ1n) is 7.96. The molecule has 0 fully saturated rings. The molecule has 1 aromatic rings. The summed E-state index contributed by atoms with van der Waals surface area (Å²) < 4.78 is 20.9. The number of carbonyl (C=O) groups excluding carboxylic acids is 4. The van der Waals surface area contributed by atoms with E-state index in [1.807, 2.05) is 0 Å². The molecule has 8 heteroatoms. The molecule has 27 heavy (non-hydrogen) atoms. The maximum Gasteiger partial charge on any atom is 0.343 e. The summed E-state index contributed by atoms with van der Waals surface area (Å²) in [6.07, 6.45) is 2.50. The van der Waals surface area contributed by atoms with E-state index in [2.05, 4.69) is 0 Å². The lowest BCUT2D eigenvalue weighted by Crippen LogP contribution is -2.31. The standard InChI is InChI=1S/C19H16O8/c1-9-5-14(22)16(26-11(3)21)8-19(9)13-6-12(24-4)7-15(25-10(2)20)17(13)18(23)27-19/h5-8H,1-4H3. The predicted molar refractivity (Wildman–Crippen MR) is 90.0 cm³/mol. The first-order valence-corrected chi connectivity index (χ1v) is 7.96. The van der Waals surface area contributed by atoms with Gasteiger partial charge in [-0.3, -0.25) is 14.4 Å². The second kappa shape index (κ2) is 6.39. The SMILES string of the molecule is COc1cc(OC(C)=O)c2c(c1)C1(C=C(OC(C)=O)C(=O)C=C1C)OC2=O. The van der Waals surface area contributed by atoms with Gasteiger partial charge in [0.05, 0.1) is 7.11 Å². The molecular weight excluding hydrogens is 356 g/mol. The molecule has 1 heterocycles. The number of esters is 3. The van der Waals surface area contributed by atoms with Gasteiger partial charge in [-0.05, 0) is 24.6 Å². The summed E-state index contributed by atoms with van der Waals surface area (Å²) in [5.74, 6) is -2.55. The molecule has 0 N–H and O–H groups in total. The summed E-state index contributed by atoms with van der Waals surface area (Å²) in [5.41, 5.74) is -0.729. The van der Waals surface area contributed by atoms with Crippen molar-refractivity contribution in [2.75, 3.05) is 7.11 Å². The van der Waals surface area contributed by atoms with E-state index in [-0.39, 0.29) is 17.1 Å². The second-order valence-corrected chi connectivity index (χ2v) is 6.06. The summed E-state index contributed by atoms with van der Waals surface area (Å²) in [7, 11) is 1.41. The van der Waals surface area contributed by atoms with Crippen LogP contribution in [0.1, 0.15) is 36.7 Å². The zero-order valence-corrected chi connectivity index (χ0v) is 15.1. The Morgan fingerprint density at radius 1 is 1.07 bits per heavy atom. The van der Waals surface area contributed by atoms with Crippen molar-refractivity contribution in [2.24, 2.45) is 0 Å². The fraction of sp³-hybridized carbons (Fsp3) is 0.263. The maximum atomic E-state index is 12.6. The minimum atomic E-state index is -1.48. The fourth-order valence-corrected chi connectivity index (χ4v) is 3.08. The summed E-state index contributed by atoms with van der Waals surface area (Å²) in [5, 5.41) is 0. The number of carbonyl (C=O) groups is 4. The monoisotopic (exact) mass is 372 g/mol. The molecule has 0 saturated carbocycles. The summed E-state index contributed by atoms with van der Waals surface area (Å²) in [4.78, 5) is 47.5. The van der Waals surface area contributed by atoms with Crippen LogP contribution in [0.5, 0.6) is 11.5 Å². The molecule has 1 spiro atoms. The van der Waals surface area contributed by atoms with Crippen molar-refractivity contribution in [1.29, 1.82) is 0 Å². The third kappa shape index (κ3) is 2.99. The Hall–Kier alpha value is -3.42. The van der Waals surface area contributed by atoms with E-state index in [1.165, 1.54) is 32.3 Å². The zero-order valence-electron chi connectivity index (χ0n) is 15.1. The highest BCUT2D eigenvalue weighted by atomic mass is 16.6. The van der Waals surface area contributed by atoms with Gasteiger partial charge in [0.15, 0.2) is 11.4 Å². The first-order chi connectivity index (χ1) is 12.7. The Kier molecular flexibility index (Phi) is 4.35. The Morgan fingerprint density at radius 3 is 2.33 bits per heavy atom. The summed E-state index contributed by atoms with van der Waals surface area (Å²) >= 11 is 0. The number of ketones is 1. The molecular formula is C19H16O8. The highest BCUT2D eigenvalue weighted by molar-refractivity contribution is 6.07. The highest BCUT2D eigenvalue weighted by Crippen LogP contribution is 2.49. The molecule has 3 rings (SSSR count). The number of rotatable bonds is 3. The minimum absolute atomic E-state index is 0.0224. The van der Waals surface area contributed by atoms with Crippen LogP contribution in [0.2, 0.25) is 0 Å². The quantitative estimate of drug-likeness (QED) is 0.586. The van der Waals surface area contributed by atoms with E-state index in [9.17, 15) is 19.2 Å². The topological polar surface area (TPSA) is 105 Å². The van der Waals surface area contributed by atoms with Gasteiger partial charge in [-0.1, -0.05) is 0 Å². The second-order valence-electron chi connectivity index (χ2n) is 6.06. The van der Waals surface area contributed by atoms with Crippen LogP contribution in [0.25, 0.3) is 0 Å². The van der Waals surface area contributed by atoms with Gasteiger partial charge < -0.3 is 18.9 Å². The smallest absolute Gasteiger partial charge is 0.343 e. The number of fused-ring (bicyclic) bond motifs is 2. The van der Waals surface area contributed by atoms with Crippen molar-refractivity contribution in [1.82, 2.24) is 0 Å². The van der Waals surface area contributed by atoms with E-state index in [4.69, 9.17) is 18.9 Å². The van der Waals surface area contributed by atoms with Gasteiger partial charge in [-0.25, -0.2) is 4.79 Å². The molecule has 1 unspecified atom stereocenters. The van der Waals surface area contributed by atoms with Crippen LogP contribution in [0.15, 0.2) is 35.6 Å². The van der Waals surface area contributed by atoms with Gasteiger partial charge in [-0.15, -0.1) is 0 Å². The molecule has 0 bridgehead atoms. The number of benzene rings is 1. The molecule has 0 amide bonds. The Morgan fingerprint density at radius 2 is 1.74 bits per heavy atom. The molecule has 1 atom stereocenters. The lowest BCUT2D eigenvalue weighted by atomic mass is 9.81. The first kappa shape index (κ1) is 18.4. The maximum absolute atomic E-state index is 12.6. The van der Waals surface area contributed by atoms with Crippen molar-refractivity contribution in [3.8, 4) is 11.5 Å². The number of ether oxygens (including phenoxy) is 4. The molecule has 0 radical (unpaired) electrons. The van der Waals surface area contributed by atoms with Crippen molar-refractivity contribution in [3.05, 3.63) is 46.7 Å². The third-order valence-electron chi connectivity index (χ3n) is 4.19. The molecule has 140 valence electrons. The molecule has 1 aliphatic carbocycles. The normalized spacial score (nSPS) is 20.4. The molecule has 0 saturated heterocycles. The van der Waals surface area contributed by atoms with Crippen LogP contribution in [0, 0.1) is 0 Å². The van der Waals surface area contributed by atoms with E-state index in [0.717, 1.165) is 6.92 Å². The zero-order chi connectivity index (χ0) is 19.9. The minimum Gasteiger partial charge on any atom is -0.497 e. The van der Waals surface area contributed by atoms with Crippen molar-refractivity contribution in [3.63, 3.8) is 0 Å². The van der Waals surface area contributed by atoms with E-state index < -0.39 is 29.3 Å². The van der Waals surface area contributed by atoms with Crippen molar-refractivity contribution < 1.29 is 38.1 Å². The molecule has 8 nitrogen and oxygen atoms in total. The van der Waals surface area contributed by atoms with Crippen LogP contribution < -0.4 is 9.47 Å². The van der Waals surface area contributed by atoms with Gasteiger partial charge in [0.1, 0.15) is 17.1 Å². The van der Waals surface area contributed by atoms with E-state index in [1.54, 1.807) is 13.0 Å². The third-order valence-corrected chi connectivity index (χ3v) is 4.19. The summed E-state index contributed by atoms with van der Waals surface area (Å²) in [6.45, 7) is 3.96. The summed E-state index contributed by atoms with van der Waals surface area (Å²) in [6, 6.07) is 2.94. The van der Waals surface area contributed by atoms with Crippen LogP contribution >= 0.6 is 0 Å². The number of hydrogen-bond acceptors (Lipinski definition) is 8. The Bertz CT molecular complexity index is 953. The predicted octanol–water partition coefficient (Wildman–Crippen LogP) is 1.96. The fourth-order valence-electron chi connectivity index (χ4n) is 3.08. The lowest BCUT2D eigenvalue weighted by molar-refractivity contribution is -0.139. The van der Waals surface area contributed by atoms with Crippen LogP contribution in [0.4, 0.5) is 0 Å². The van der Waals surface area contributed by atoms with E-state index >= 15 is 0 Å². The van der Waals surface area contributed by atoms with Gasteiger partial charge in [-0.2, -0.15) is 0 Å². The largest absolute Gasteiger partial charge is 0.497 e. The molecule has 1 aromatic carbocycles. The average Bonchev–Trinajstić information content (AvgIpc) is 2.85. The number of methoxy groups -OCH3 is 1. The molecule has 1 aliphatic heterocycles. The van der Waals surface area contributed by atoms with Crippen molar-refractivity contribution in [2.45, 2.75) is 26.4 Å². The van der Waals surface area contributed by atoms with Gasteiger partial charge in [0.25, 0.3) is 0 Å². The van der Waals surface area contributed by atoms with Gasteiger partial charge >= 0.3 is 17.9 Å². The van der Waals surface area contributed by atoms with Gasteiger partial charge in [0.2, 0.25) is 5.78 Å². The highest BCUT2D eigenvalue weighted by Gasteiger charge is 2.50. The number of hydrogen-bond donors (Lipinski definition) is 0. The van der Waals surface area contributed by atoms with E-state index in [0.29, 0.717) is 16.9 Å². The van der Waals surface area contributed by atoms with Crippen LogP contribution in [-0.4, -0.2) is 30.8 Å². The lowest BCUT2D eigenvalue weighted by Gasteiger charge is -2.30. The molecule has 0 aromatic heterocycles. The number of allylic oxidation sites excluding steroid dienone is 1. The van der Waals surface area contributed by atoms with Crippen LogP contribution in [-0.2, 0) is 29.5 Å². The Balaban J connectivity index is 2.26. The Labute approximate surface area is 154 Å². The van der Waals surface area contributed by atoms with Crippen LogP contribution in [0.3, 0.4) is 0 Å².